The number of hydrogen-bond acceptors (Lipinski definition) is 2. The van der Waals surface area contributed by atoms with Gasteiger partial charge in [-0.15, -0.1) is 0 Å². The lowest BCUT2D eigenvalue weighted by Crippen LogP contribution is -2.48. The second-order valence-corrected chi connectivity index (χ2v) is 5.94. The van der Waals surface area contributed by atoms with Crippen LogP contribution in [-0.2, 0) is 4.74 Å². The second-order valence-electron chi connectivity index (χ2n) is 5.50. The van der Waals surface area contributed by atoms with Gasteiger partial charge < -0.3 is 10.1 Å². The Kier molecular flexibility index (Phi) is 3.88. The van der Waals surface area contributed by atoms with Gasteiger partial charge in [0.2, 0.25) is 0 Å². The third-order valence-electron chi connectivity index (χ3n) is 4.09. The van der Waals surface area contributed by atoms with Crippen LogP contribution in [0.15, 0.2) is 24.3 Å². The molecule has 3 heteroatoms. The Hall–Kier alpha value is -0.570. The van der Waals surface area contributed by atoms with Crippen molar-refractivity contribution >= 4 is 11.6 Å². The lowest BCUT2D eigenvalue weighted by molar-refractivity contribution is 0.0600. The van der Waals surface area contributed by atoms with Crippen LogP contribution in [0.4, 0.5) is 0 Å². The van der Waals surface area contributed by atoms with E-state index >= 15 is 0 Å². The number of rotatable bonds is 3. The molecule has 98 valence electrons. The van der Waals surface area contributed by atoms with E-state index < -0.39 is 0 Å². The molecule has 1 unspecified atom stereocenters. The molecule has 1 atom stereocenters. The van der Waals surface area contributed by atoms with Crippen molar-refractivity contribution < 1.29 is 4.74 Å². The molecule has 1 heterocycles. The molecule has 2 aliphatic rings. The van der Waals surface area contributed by atoms with Crippen LogP contribution in [0.25, 0.3) is 0 Å². The Balaban J connectivity index is 1.48. The molecule has 1 aliphatic heterocycles. The lowest BCUT2D eigenvalue weighted by Gasteiger charge is -2.39. The van der Waals surface area contributed by atoms with E-state index in [9.17, 15) is 0 Å². The molecular weight excluding hydrogens is 246 g/mol. The number of hydrogen-bond donors (Lipinski definition) is 1. The third-order valence-corrected chi connectivity index (χ3v) is 4.32. The molecule has 1 aromatic rings. The van der Waals surface area contributed by atoms with E-state index in [4.69, 9.17) is 16.3 Å². The summed E-state index contributed by atoms with van der Waals surface area (Å²) in [5.41, 5.74) is 1.39. The van der Waals surface area contributed by atoms with Crippen molar-refractivity contribution in [1.29, 1.82) is 0 Å². The van der Waals surface area contributed by atoms with Gasteiger partial charge in [-0.2, -0.15) is 0 Å². The van der Waals surface area contributed by atoms with Crippen LogP contribution in [0.1, 0.15) is 37.2 Å². The molecule has 0 bridgehead atoms. The van der Waals surface area contributed by atoms with Crippen LogP contribution >= 0.6 is 11.6 Å². The van der Waals surface area contributed by atoms with Crippen molar-refractivity contribution in [2.75, 3.05) is 13.2 Å². The van der Waals surface area contributed by atoms with E-state index in [1.54, 1.807) is 0 Å². The van der Waals surface area contributed by atoms with Crippen molar-refractivity contribution in [3.05, 3.63) is 34.9 Å². The van der Waals surface area contributed by atoms with E-state index in [0.717, 1.165) is 18.2 Å². The zero-order valence-electron chi connectivity index (χ0n) is 10.6. The van der Waals surface area contributed by atoms with Crippen molar-refractivity contribution in [1.82, 2.24) is 5.32 Å². The highest BCUT2D eigenvalue weighted by Gasteiger charge is 2.32. The molecule has 3 rings (SSSR count). The molecule has 0 radical (unpaired) electrons. The zero-order valence-corrected chi connectivity index (χ0v) is 11.3. The van der Waals surface area contributed by atoms with Gasteiger partial charge in [0.05, 0.1) is 6.61 Å². The number of ether oxygens (including phenoxy) is 1. The van der Waals surface area contributed by atoms with Crippen molar-refractivity contribution in [2.24, 2.45) is 0 Å². The quantitative estimate of drug-likeness (QED) is 0.905. The predicted molar refractivity (Wildman–Crippen MR) is 74.2 cm³/mol. The van der Waals surface area contributed by atoms with Gasteiger partial charge in [-0.3, -0.25) is 0 Å². The number of nitrogens with one attached hydrogen (secondary N) is 1. The highest BCUT2D eigenvalue weighted by atomic mass is 35.5. The third kappa shape index (κ3) is 2.87. The minimum absolute atomic E-state index is 0.573. The molecule has 1 aliphatic carbocycles. The Morgan fingerprint density at radius 1 is 1.22 bits per heavy atom. The van der Waals surface area contributed by atoms with Crippen LogP contribution < -0.4 is 5.32 Å². The molecule has 0 spiro atoms. The highest BCUT2D eigenvalue weighted by molar-refractivity contribution is 6.30. The average molecular weight is 266 g/mol. The molecule has 18 heavy (non-hydrogen) atoms. The largest absolute Gasteiger partial charge is 0.380 e. The summed E-state index contributed by atoms with van der Waals surface area (Å²) in [4.78, 5) is 0. The summed E-state index contributed by atoms with van der Waals surface area (Å²) in [7, 11) is 0. The van der Waals surface area contributed by atoms with E-state index in [-0.39, 0.29) is 0 Å². The van der Waals surface area contributed by atoms with Gasteiger partial charge in [-0.05, 0) is 49.3 Å². The molecule has 1 aromatic carbocycles. The summed E-state index contributed by atoms with van der Waals surface area (Å²) >= 11 is 6.03. The van der Waals surface area contributed by atoms with Gasteiger partial charge in [0.15, 0.2) is 0 Å². The average Bonchev–Trinajstić information content (AvgIpc) is 2.34. The maximum Gasteiger partial charge on any atom is 0.0619 e. The smallest absolute Gasteiger partial charge is 0.0619 e. The fourth-order valence-corrected chi connectivity index (χ4v) is 3.19. The lowest BCUT2D eigenvalue weighted by atomic mass is 9.75. The van der Waals surface area contributed by atoms with E-state index in [1.807, 2.05) is 12.1 Å². The van der Waals surface area contributed by atoms with Crippen molar-refractivity contribution in [2.45, 2.75) is 43.7 Å². The van der Waals surface area contributed by atoms with Crippen molar-refractivity contribution in [3.8, 4) is 0 Å². The van der Waals surface area contributed by atoms with E-state index in [0.29, 0.717) is 18.0 Å². The molecule has 2 fully saturated rings. The minimum Gasteiger partial charge on any atom is -0.380 e. The van der Waals surface area contributed by atoms with Gasteiger partial charge in [0.1, 0.15) is 0 Å². The monoisotopic (exact) mass is 265 g/mol. The van der Waals surface area contributed by atoms with E-state index in [2.05, 4.69) is 17.4 Å². The molecule has 0 aromatic heterocycles. The van der Waals surface area contributed by atoms with Gasteiger partial charge in [0, 0.05) is 23.7 Å². The fourth-order valence-electron chi connectivity index (χ4n) is 2.99. The SMILES string of the molecule is Clc1cccc(C2CC(NC3CCCOC3)C2)c1. The Labute approximate surface area is 114 Å². The van der Waals surface area contributed by atoms with E-state index in [1.165, 1.54) is 31.2 Å². The maximum absolute atomic E-state index is 6.03. The summed E-state index contributed by atoms with van der Waals surface area (Å²) in [5.74, 6) is 0.686. The molecule has 1 N–H and O–H groups in total. The van der Waals surface area contributed by atoms with Crippen LogP contribution in [-0.4, -0.2) is 25.3 Å². The molecule has 2 nitrogen and oxygen atoms in total. The first-order valence-corrected chi connectivity index (χ1v) is 7.28. The summed E-state index contributed by atoms with van der Waals surface area (Å²) in [5, 5.41) is 4.56. The normalized spacial score (nSPS) is 31.9. The molecule has 1 saturated heterocycles. The first-order valence-electron chi connectivity index (χ1n) is 6.90. The summed E-state index contributed by atoms with van der Waals surface area (Å²) < 4.78 is 5.50. The maximum atomic E-state index is 6.03. The predicted octanol–water partition coefficient (Wildman–Crippen LogP) is 3.35. The van der Waals surface area contributed by atoms with Crippen LogP contribution in [0.2, 0.25) is 5.02 Å². The topological polar surface area (TPSA) is 21.3 Å². The first-order chi connectivity index (χ1) is 8.81. The highest BCUT2D eigenvalue weighted by Crippen LogP contribution is 2.38. The first kappa shape index (κ1) is 12.5. The van der Waals surface area contributed by atoms with Crippen LogP contribution in [0, 0.1) is 0 Å². The Bertz CT molecular complexity index is 397. The molecular formula is C15H20ClNO. The number of halogens is 1. The van der Waals surface area contributed by atoms with Crippen LogP contribution in [0.5, 0.6) is 0 Å². The summed E-state index contributed by atoms with van der Waals surface area (Å²) in [6.45, 7) is 1.83. The minimum atomic E-state index is 0.573. The molecule has 0 amide bonds. The van der Waals surface area contributed by atoms with Crippen molar-refractivity contribution in [3.63, 3.8) is 0 Å². The van der Waals surface area contributed by atoms with Gasteiger partial charge in [-0.25, -0.2) is 0 Å². The summed E-state index contributed by atoms with van der Waals surface area (Å²) in [6.07, 6.45) is 4.92. The Morgan fingerprint density at radius 2 is 2.11 bits per heavy atom. The van der Waals surface area contributed by atoms with Gasteiger partial charge >= 0.3 is 0 Å². The second kappa shape index (κ2) is 5.60. The van der Waals surface area contributed by atoms with Crippen LogP contribution in [0.3, 0.4) is 0 Å². The molecule has 1 saturated carbocycles. The Morgan fingerprint density at radius 3 is 2.83 bits per heavy atom. The van der Waals surface area contributed by atoms with Gasteiger partial charge in [0.25, 0.3) is 0 Å². The standard InChI is InChI=1S/C15H20ClNO/c16-13-4-1-3-11(7-13)12-8-15(9-12)17-14-5-2-6-18-10-14/h1,3-4,7,12,14-15,17H,2,5-6,8-10H2. The zero-order chi connectivity index (χ0) is 12.4. The number of benzene rings is 1. The summed E-state index contributed by atoms with van der Waals surface area (Å²) in [6, 6.07) is 9.53. The van der Waals surface area contributed by atoms with Gasteiger partial charge in [-0.1, -0.05) is 23.7 Å². The fraction of sp³-hybridized carbons (Fsp3) is 0.600.